The number of aliphatic hydroxyl groups excluding tert-OH is 2. The van der Waals surface area contributed by atoms with Gasteiger partial charge in [0.2, 0.25) is 0 Å². The van der Waals surface area contributed by atoms with Crippen LogP contribution in [0.4, 0.5) is 0 Å². The molecule has 4 heteroatoms. The summed E-state index contributed by atoms with van der Waals surface area (Å²) < 4.78 is 4.44. The smallest absolute Gasteiger partial charge is 0.333 e. The molecular weight excluding hydrogens is 148 g/mol. The number of hydrogen-bond acceptors (Lipinski definition) is 4. The van der Waals surface area contributed by atoms with Crippen LogP contribution in [0.25, 0.3) is 0 Å². The Labute approximate surface area is 64.4 Å². The minimum atomic E-state index is -0.599. The van der Waals surface area contributed by atoms with E-state index in [0.717, 1.165) is 0 Å². The molecule has 0 unspecified atom stereocenters. The molecule has 0 rings (SSSR count). The Balaban J connectivity index is 3.72. The van der Waals surface area contributed by atoms with Crippen LogP contribution < -0.4 is 0 Å². The summed E-state index contributed by atoms with van der Waals surface area (Å²) in [7, 11) is 0. The van der Waals surface area contributed by atoms with Gasteiger partial charge in [0.05, 0.1) is 0 Å². The fourth-order valence-corrected chi connectivity index (χ4v) is 0.300. The van der Waals surface area contributed by atoms with Crippen molar-refractivity contribution in [2.45, 2.75) is 6.92 Å². The topological polar surface area (TPSA) is 66.8 Å². The van der Waals surface area contributed by atoms with E-state index in [2.05, 4.69) is 11.3 Å². The monoisotopic (exact) mass is 158 g/mol. The molecule has 62 valence electrons. The van der Waals surface area contributed by atoms with Crippen molar-refractivity contribution in [1.29, 1.82) is 0 Å². The van der Waals surface area contributed by atoms with Gasteiger partial charge in [-0.3, -0.25) is 0 Å². The molecular formula is C7H10O4. The van der Waals surface area contributed by atoms with E-state index in [1.165, 1.54) is 6.92 Å². The molecule has 0 fully saturated rings. The molecule has 0 saturated heterocycles. The van der Waals surface area contributed by atoms with Gasteiger partial charge in [-0.25, -0.2) is 4.79 Å². The highest BCUT2D eigenvalue weighted by Crippen LogP contribution is 1.94. The first-order chi connectivity index (χ1) is 5.07. The lowest BCUT2D eigenvalue weighted by Crippen LogP contribution is -2.07. The summed E-state index contributed by atoms with van der Waals surface area (Å²) in [5.74, 6) is -1.00. The zero-order chi connectivity index (χ0) is 8.85. The third-order valence-electron chi connectivity index (χ3n) is 0.849. The average molecular weight is 158 g/mol. The van der Waals surface area contributed by atoms with E-state index < -0.39 is 11.7 Å². The Bertz CT molecular complexity index is 193. The Morgan fingerprint density at radius 1 is 1.73 bits per heavy atom. The molecule has 11 heavy (non-hydrogen) atoms. The van der Waals surface area contributed by atoms with E-state index in [0.29, 0.717) is 6.26 Å². The zero-order valence-corrected chi connectivity index (χ0v) is 6.20. The van der Waals surface area contributed by atoms with Crippen molar-refractivity contribution in [3.8, 4) is 0 Å². The molecule has 0 aromatic rings. The van der Waals surface area contributed by atoms with E-state index in [9.17, 15) is 4.79 Å². The van der Waals surface area contributed by atoms with Crippen LogP contribution in [0, 0.1) is 0 Å². The number of aliphatic hydroxyl groups is 2. The summed E-state index contributed by atoms with van der Waals surface area (Å²) >= 11 is 0. The fraction of sp³-hybridized carbons (Fsp3) is 0.286. The predicted molar refractivity (Wildman–Crippen MR) is 39.1 cm³/mol. The van der Waals surface area contributed by atoms with E-state index in [-0.39, 0.29) is 12.2 Å². The molecule has 0 aromatic heterocycles. The van der Waals surface area contributed by atoms with Crippen LogP contribution in [0.5, 0.6) is 0 Å². The Kier molecular flexibility index (Phi) is 3.80. The molecule has 0 atom stereocenters. The van der Waals surface area contributed by atoms with Gasteiger partial charge in [-0.1, -0.05) is 6.58 Å². The van der Waals surface area contributed by atoms with Gasteiger partial charge in [0.1, 0.15) is 6.26 Å². The SMILES string of the molecule is C=C(C)C(=O)OCC(O)=CO. The van der Waals surface area contributed by atoms with Crippen LogP contribution >= 0.6 is 0 Å². The molecule has 0 aliphatic rings. The van der Waals surface area contributed by atoms with Crippen LogP contribution in [0.3, 0.4) is 0 Å². The van der Waals surface area contributed by atoms with Gasteiger partial charge in [-0.15, -0.1) is 0 Å². The van der Waals surface area contributed by atoms with E-state index in [1.807, 2.05) is 0 Å². The minimum absolute atomic E-state index is 0.246. The number of ether oxygens (including phenoxy) is 1. The van der Waals surface area contributed by atoms with E-state index in [1.54, 1.807) is 0 Å². The second-order valence-electron chi connectivity index (χ2n) is 1.98. The number of carbonyl (C=O) groups excluding carboxylic acids is 1. The van der Waals surface area contributed by atoms with Crippen LogP contribution in [-0.2, 0) is 9.53 Å². The second kappa shape index (κ2) is 4.38. The molecule has 0 heterocycles. The predicted octanol–water partition coefficient (Wildman–Crippen LogP) is 1.06. The van der Waals surface area contributed by atoms with Gasteiger partial charge < -0.3 is 14.9 Å². The summed E-state index contributed by atoms with van der Waals surface area (Å²) in [5.41, 5.74) is 0.246. The lowest BCUT2D eigenvalue weighted by atomic mass is 10.4. The third-order valence-corrected chi connectivity index (χ3v) is 0.849. The van der Waals surface area contributed by atoms with Gasteiger partial charge in [0.15, 0.2) is 12.4 Å². The summed E-state index contributed by atoms with van der Waals surface area (Å²) in [6.45, 7) is 4.48. The van der Waals surface area contributed by atoms with Crippen LogP contribution in [-0.4, -0.2) is 22.8 Å². The molecule has 0 spiro atoms. The van der Waals surface area contributed by atoms with E-state index in [4.69, 9.17) is 10.2 Å². The lowest BCUT2D eigenvalue weighted by Gasteiger charge is -2.01. The van der Waals surface area contributed by atoms with Gasteiger partial charge in [0.25, 0.3) is 0 Å². The molecule has 0 aliphatic carbocycles. The van der Waals surface area contributed by atoms with E-state index >= 15 is 0 Å². The number of rotatable bonds is 3. The first kappa shape index (κ1) is 9.55. The highest BCUT2D eigenvalue weighted by atomic mass is 16.5. The number of carbonyl (C=O) groups is 1. The van der Waals surface area contributed by atoms with Crippen molar-refractivity contribution < 1.29 is 19.7 Å². The third kappa shape index (κ3) is 4.02. The largest absolute Gasteiger partial charge is 0.512 e. The maximum Gasteiger partial charge on any atom is 0.333 e. The van der Waals surface area contributed by atoms with Crippen LogP contribution in [0.2, 0.25) is 0 Å². The fourth-order valence-electron chi connectivity index (χ4n) is 0.300. The maximum absolute atomic E-state index is 10.6. The van der Waals surface area contributed by atoms with Crippen molar-refractivity contribution >= 4 is 5.97 Å². The first-order valence-electron chi connectivity index (χ1n) is 2.92. The number of esters is 1. The van der Waals surface area contributed by atoms with Crippen LogP contribution in [0.1, 0.15) is 6.92 Å². The Hall–Kier alpha value is -1.45. The average Bonchev–Trinajstić information content (AvgIpc) is 1.99. The molecule has 0 aliphatic heterocycles. The quantitative estimate of drug-likeness (QED) is 0.366. The molecule has 0 aromatic carbocycles. The van der Waals surface area contributed by atoms with Gasteiger partial charge in [0, 0.05) is 5.57 Å². The molecule has 0 saturated carbocycles. The minimum Gasteiger partial charge on any atom is -0.512 e. The maximum atomic E-state index is 10.6. The highest BCUT2D eigenvalue weighted by molar-refractivity contribution is 5.86. The normalized spacial score (nSPS) is 10.8. The van der Waals surface area contributed by atoms with Gasteiger partial charge in [-0.2, -0.15) is 0 Å². The Morgan fingerprint density at radius 3 is 2.64 bits per heavy atom. The number of hydrogen-bond donors (Lipinski definition) is 2. The summed E-state index contributed by atoms with van der Waals surface area (Å²) in [5, 5.41) is 16.8. The second-order valence-corrected chi connectivity index (χ2v) is 1.98. The van der Waals surface area contributed by atoms with Crippen molar-refractivity contribution in [1.82, 2.24) is 0 Å². The van der Waals surface area contributed by atoms with Crippen molar-refractivity contribution in [2.24, 2.45) is 0 Å². The standard InChI is InChI=1S/C7H10O4/c1-5(2)7(10)11-4-6(9)3-8/h3,8-9H,1,4H2,2H3. The first-order valence-corrected chi connectivity index (χ1v) is 2.92. The molecule has 0 bridgehead atoms. The summed E-state index contributed by atoms with van der Waals surface area (Å²) in [6, 6.07) is 0. The summed E-state index contributed by atoms with van der Waals surface area (Å²) in [6.07, 6.45) is 0.464. The molecule has 0 amide bonds. The zero-order valence-electron chi connectivity index (χ0n) is 6.20. The molecule has 0 radical (unpaired) electrons. The summed E-state index contributed by atoms with van der Waals surface area (Å²) in [4.78, 5) is 10.6. The molecule has 2 N–H and O–H groups in total. The van der Waals surface area contributed by atoms with Crippen molar-refractivity contribution in [3.63, 3.8) is 0 Å². The van der Waals surface area contributed by atoms with Crippen LogP contribution in [0.15, 0.2) is 24.2 Å². The lowest BCUT2D eigenvalue weighted by molar-refractivity contribution is -0.138. The van der Waals surface area contributed by atoms with Crippen molar-refractivity contribution in [2.75, 3.05) is 6.61 Å². The van der Waals surface area contributed by atoms with Gasteiger partial charge >= 0.3 is 5.97 Å². The highest BCUT2D eigenvalue weighted by Gasteiger charge is 2.03. The Morgan fingerprint density at radius 2 is 2.27 bits per heavy atom. The molecule has 4 nitrogen and oxygen atoms in total. The van der Waals surface area contributed by atoms with Gasteiger partial charge in [-0.05, 0) is 6.92 Å². The van der Waals surface area contributed by atoms with Crippen molar-refractivity contribution in [3.05, 3.63) is 24.2 Å².